The molecule has 0 amide bonds. The van der Waals surface area contributed by atoms with Crippen LogP contribution in [0, 0.1) is 5.82 Å². The Hall–Kier alpha value is -5.08. The second kappa shape index (κ2) is 15.0. The van der Waals surface area contributed by atoms with E-state index in [-0.39, 0.29) is 34.5 Å². The molecular weight excluding hydrogens is 639 g/mol. The standard InChI is InChI=1S/C35H38F3N7O4/c1-3-23(20-40-32(4-2)48-30-8-6-5-7-26(30)36)45-34(39)25(21-41-45)33(46)28-17-22-18-31(49-35(37)38)29(19-27(22)42-28)44-11-9-24(10-12-44)43-13-15-47-16-14-43/h4-8,17-21,24,35,42H,2-3,9-16,39H2,1H3/b23-20+,40-32?. The number of nitrogen functional groups attached to an aromatic ring is 1. The summed E-state index contributed by atoms with van der Waals surface area (Å²) in [5, 5.41) is 4.86. The Morgan fingerprint density at radius 3 is 2.61 bits per heavy atom. The van der Waals surface area contributed by atoms with Crippen molar-refractivity contribution in [3.05, 3.63) is 84.6 Å². The zero-order chi connectivity index (χ0) is 34.5. The van der Waals surface area contributed by atoms with Gasteiger partial charge in [0.25, 0.3) is 0 Å². The molecule has 0 bridgehead atoms. The van der Waals surface area contributed by atoms with Gasteiger partial charge < -0.3 is 29.8 Å². The number of alkyl halides is 2. The molecule has 0 spiro atoms. The molecule has 0 aliphatic carbocycles. The molecular formula is C35H38F3N7O4. The zero-order valence-corrected chi connectivity index (χ0v) is 27.1. The molecule has 2 fully saturated rings. The molecule has 0 saturated carbocycles. The number of allylic oxidation sites excluding steroid dienone is 1. The summed E-state index contributed by atoms with van der Waals surface area (Å²) in [4.78, 5) is 25.6. The largest absolute Gasteiger partial charge is 0.436 e. The lowest BCUT2D eigenvalue weighted by Gasteiger charge is -2.41. The van der Waals surface area contributed by atoms with Gasteiger partial charge in [-0.05, 0) is 55.7 Å². The molecule has 2 aromatic carbocycles. The highest BCUT2D eigenvalue weighted by atomic mass is 19.3. The van der Waals surface area contributed by atoms with Crippen molar-refractivity contribution < 1.29 is 32.2 Å². The van der Waals surface area contributed by atoms with Crippen LogP contribution in [-0.2, 0) is 4.74 Å². The predicted molar refractivity (Wildman–Crippen MR) is 182 cm³/mol. The minimum Gasteiger partial charge on any atom is -0.436 e. The van der Waals surface area contributed by atoms with E-state index in [0.29, 0.717) is 47.8 Å². The first-order valence-electron chi connectivity index (χ1n) is 16.1. The number of benzene rings is 2. The van der Waals surface area contributed by atoms with Crippen LogP contribution in [0.25, 0.3) is 16.6 Å². The minimum atomic E-state index is -3.01. The normalized spacial score (nSPS) is 16.8. The number of aromatic nitrogens is 3. The number of morpholine rings is 1. The van der Waals surface area contributed by atoms with Gasteiger partial charge in [0.05, 0.1) is 48.3 Å². The molecule has 2 saturated heterocycles. The van der Waals surface area contributed by atoms with E-state index in [4.69, 9.17) is 19.9 Å². The van der Waals surface area contributed by atoms with Crippen molar-refractivity contribution >= 4 is 39.8 Å². The Morgan fingerprint density at radius 1 is 1.16 bits per heavy atom. The number of nitrogens with two attached hydrogens (primary N) is 1. The number of halogens is 3. The summed E-state index contributed by atoms with van der Waals surface area (Å²) in [7, 11) is 0. The molecule has 2 aliphatic rings. The first-order chi connectivity index (χ1) is 23.7. The summed E-state index contributed by atoms with van der Waals surface area (Å²) in [6.07, 6.45) is 6.35. The Labute approximate surface area is 281 Å². The Morgan fingerprint density at radius 2 is 1.92 bits per heavy atom. The van der Waals surface area contributed by atoms with Crippen molar-refractivity contribution in [1.82, 2.24) is 19.7 Å². The molecule has 14 heteroatoms. The number of carbonyl (C=O) groups is 1. The highest BCUT2D eigenvalue weighted by molar-refractivity contribution is 6.13. The van der Waals surface area contributed by atoms with Crippen molar-refractivity contribution in [2.75, 3.05) is 50.0 Å². The van der Waals surface area contributed by atoms with Gasteiger partial charge in [-0.1, -0.05) is 25.6 Å². The molecule has 4 aromatic rings. The average Bonchev–Trinajstić information content (AvgIpc) is 3.71. The third-order valence-electron chi connectivity index (χ3n) is 8.78. The number of hydrogen-bond acceptors (Lipinski definition) is 9. The smallest absolute Gasteiger partial charge is 0.387 e. The summed E-state index contributed by atoms with van der Waals surface area (Å²) < 4.78 is 58.5. The molecule has 11 nitrogen and oxygen atoms in total. The second-order valence-electron chi connectivity index (χ2n) is 11.7. The third kappa shape index (κ3) is 7.50. The number of nitrogens with zero attached hydrogens (tertiary/aromatic N) is 5. The quantitative estimate of drug-likeness (QED) is 0.111. The number of ketones is 1. The number of nitrogens with one attached hydrogen (secondary N) is 1. The highest BCUT2D eigenvalue weighted by Gasteiger charge is 2.28. The number of hydrogen-bond donors (Lipinski definition) is 2. The lowest BCUT2D eigenvalue weighted by Crippen LogP contribution is -2.49. The molecule has 258 valence electrons. The van der Waals surface area contributed by atoms with E-state index in [1.807, 2.05) is 6.92 Å². The number of ether oxygens (including phenoxy) is 3. The average molecular weight is 678 g/mol. The Balaban J connectivity index is 1.23. The molecule has 4 heterocycles. The number of carbonyl (C=O) groups excluding carboxylic acids is 1. The van der Waals surface area contributed by atoms with Crippen molar-refractivity contribution in [2.45, 2.75) is 38.8 Å². The van der Waals surface area contributed by atoms with Crippen LogP contribution in [0.5, 0.6) is 11.5 Å². The van der Waals surface area contributed by atoms with Crippen LogP contribution in [0.2, 0.25) is 0 Å². The van der Waals surface area contributed by atoms with Gasteiger partial charge in [0.2, 0.25) is 11.7 Å². The third-order valence-corrected chi connectivity index (χ3v) is 8.78. The molecule has 0 unspecified atom stereocenters. The topological polar surface area (TPSA) is 123 Å². The second-order valence-corrected chi connectivity index (χ2v) is 11.7. The maximum Gasteiger partial charge on any atom is 0.387 e. The van der Waals surface area contributed by atoms with Gasteiger partial charge in [-0.25, -0.2) is 14.1 Å². The van der Waals surface area contributed by atoms with E-state index >= 15 is 0 Å². The number of fused-ring (bicyclic) bond motifs is 1. The number of rotatable bonds is 11. The fourth-order valence-corrected chi connectivity index (χ4v) is 6.22. The van der Waals surface area contributed by atoms with Gasteiger partial charge in [-0.15, -0.1) is 0 Å². The van der Waals surface area contributed by atoms with Crippen molar-refractivity contribution in [3.63, 3.8) is 0 Å². The van der Waals surface area contributed by atoms with Crippen LogP contribution in [-0.4, -0.2) is 83.4 Å². The zero-order valence-electron chi connectivity index (χ0n) is 27.1. The summed E-state index contributed by atoms with van der Waals surface area (Å²) in [5.74, 6) is -0.816. The SMILES string of the molecule is C=CC(=N/C=C(\CC)n1ncc(C(=O)c2cc3cc(OC(F)F)c(N4CCC(N5CCOCC5)CC4)cc3[nH]2)c1N)Oc1ccccc1F. The molecule has 49 heavy (non-hydrogen) atoms. The lowest BCUT2D eigenvalue weighted by atomic mass is 10.0. The van der Waals surface area contributed by atoms with Gasteiger partial charge >= 0.3 is 6.61 Å². The van der Waals surface area contributed by atoms with E-state index < -0.39 is 18.2 Å². The molecule has 6 rings (SSSR count). The van der Waals surface area contributed by atoms with Crippen LogP contribution in [0.15, 0.2) is 72.5 Å². The summed E-state index contributed by atoms with van der Waals surface area (Å²) in [5.41, 5.74) is 8.42. The van der Waals surface area contributed by atoms with Crippen molar-refractivity contribution in [3.8, 4) is 11.5 Å². The lowest BCUT2D eigenvalue weighted by molar-refractivity contribution is -0.0494. The first-order valence-corrected chi connectivity index (χ1v) is 16.1. The van der Waals surface area contributed by atoms with E-state index in [1.54, 1.807) is 24.3 Å². The molecule has 0 atom stereocenters. The monoisotopic (exact) mass is 677 g/mol. The van der Waals surface area contributed by atoms with Gasteiger partial charge in [-0.3, -0.25) is 9.69 Å². The van der Waals surface area contributed by atoms with Crippen LogP contribution in [0.1, 0.15) is 42.2 Å². The van der Waals surface area contributed by atoms with Crippen LogP contribution in [0.4, 0.5) is 24.7 Å². The van der Waals surface area contributed by atoms with Gasteiger partial charge in [0.1, 0.15) is 11.6 Å². The summed E-state index contributed by atoms with van der Waals surface area (Å²) in [6.45, 7) is 7.11. The minimum absolute atomic E-state index is 0.00854. The fraction of sp³-hybridized carbons (Fsp3) is 0.343. The number of para-hydroxylation sites is 1. The molecule has 2 aliphatic heterocycles. The van der Waals surface area contributed by atoms with E-state index in [1.165, 1.54) is 41.4 Å². The van der Waals surface area contributed by atoms with E-state index in [2.05, 4.69) is 31.5 Å². The molecule has 0 radical (unpaired) electrons. The first kappa shape index (κ1) is 33.8. The van der Waals surface area contributed by atoms with E-state index in [0.717, 1.165) is 39.1 Å². The number of piperidine rings is 1. The predicted octanol–water partition coefficient (Wildman–Crippen LogP) is 6.09. The number of aliphatic imine (C=N–C) groups is 1. The fourth-order valence-electron chi connectivity index (χ4n) is 6.22. The number of anilines is 2. The van der Waals surface area contributed by atoms with Crippen LogP contribution < -0.4 is 20.1 Å². The Kier molecular flexibility index (Phi) is 10.3. The maximum absolute atomic E-state index is 14.1. The maximum atomic E-state index is 14.1. The van der Waals surface area contributed by atoms with Crippen LogP contribution >= 0.6 is 0 Å². The van der Waals surface area contributed by atoms with Crippen molar-refractivity contribution in [2.24, 2.45) is 4.99 Å². The molecule has 2 aromatic heterocycles. The molecule has 3 N–H and O–H groups in total. The van der Waals surface area contributed by atoms with E-state index in [9.17, 15) is 18.0 Å². The summed E-state index contributed by atoms with van der Waals surface area (Å²) in [6, 6.07) is 11.2. The van der Waals surface area contributed by atoms with Gasteiger partial charge in [-0.2, -0.15) is 13.9 Å². The van der Waals surface area contributed by atoms with Crippen LogP contribution in [0.3, 0.4) is 0 Å². The highest BCUT2D eigenvalue weighted by Crippen LogP contribution is 2.37. The Bertz CT molecular complexity index is 1870. The number of aromatic amines is 1. The van der Waals surface area contributed by atoms with Gasteiger partial charge in [0, 0.05) is 43.1 Å². The number of H-pyrrole nitrogens is 1. The summed E-state index contributed by atoms with van der Waals surface area (Å²) >= 11 is 0. The van der Waals surface area contributed by atoms with Gasteiger partial charge in [0.15, 0.2) is 11.6 Å². The van der Waals surface area contributed by atoms with Crippen molar-refractivity contribution in [1.29, 1.82) is 0 Å².